The predicted octanol–water partition coefficient (Wildman–Crippen LogP) is 4.12. The number of benzene rings is 1. The second-order valence-electron chi connectivity index (χ2n) is 3.67. The van der Waals surface area contributed by atoms with Crippen LogP contribution in [0.5, 0.6) is 11.5 Å². The van der Waals surface area contributed by atoms with Gasteiger partial charge in [0.15, 0.2) is 12.0 Å². The lowest BCUT2D eigenvalue weighted by atomic mass is 10.3. The Balaban J connectivity index is 2.38. The summed E-state index contributed by atoms with van der Waals surface area (Å²) in [5.74, 6) is 0.713. The van der Waals surface area contributed by atoms with Crippen LogP contribution in [0.3, 0.4) is 0 Å². The Morgan fingerprint density at radius 3 is 2.40 bits per heavy atom. The van der Waals surface area contributed by atoms with Crippen LogP contribution in [0.2, 0.25) is 0 Å². The number of ether oxygens (including phenoxy) is 1. The van der Waals surface area contributed by atoms with Crippen molar-refractivity contribution in [3.63, 3.8) is 0 Å². The van der Waals surface area contributed by atoms with Crippen LogP contribution in [0.1, 0.15) is 10.4 Å². The van der Waals surface area contributed by atoms with Gasteiger partial charge in [0.05, 0.1) is 20.1 Å². The van der Waals surface area contributed by atoms with Crippen LogP contribution >= 0.6 is 31.9 Å². The number of aldehydes is 1. The van der Waals surface area contributed by atoms with Gasteiger partial charge in [-0.3, -0.25) is 19.9 Å². The van der Waals surface area contributed by atoms with Crippen molar-refractivity contribution >= 4 is 43.8 Å². The van der Waals surface area contributed by atoms with E-state index in [0.29, 0.717) is 32.3 Å². The SMILES string of the molecule is O=Cc1cncc(Oc2c(Br)cc([N+](=O)[O-])cc2Br)c1. The minimum absolute atomic E-state index is 0.0733. The first-order valence-corrected chi connectivity index (χ1v) is 6.81. The van der Waals surface area contributed by atoms with Crippen molar-refractivity contribution in [2.75, 3.05) is 0 Å². The van der Waals surface area contributed by atoms with Crippen LogP contribution in [0, 0.1) is 10.1 Å². The highest BCUT2D eigenvalue weighted by atomic mass is 79.9. The van der Waals surface area contributed by atoms with Crippen LogP contribution in [-0.4, -0.2) is 16.2 Å². The molecule has 1 aromatic carbocycles. The fourth-order valence-corrected chi connectivity index (χ4v) is 2.75. The highest BCUT2D eigenvalue weighted by molar-refractivity contribution is 9.11. The quantitative estimate of drug-likeness (QED) is 0.437. The van der Waals surface area contributed by atoms with Gasteiger partial charge in [0.25, 0.3) is 5.69 Å². The highest BCUT2D eigenvalue weighted by Crippen LogP contribution is 2.39. The van der Waals surface area contributed by atoms with Gasteiger partial charge in [-0.05, 0) is 37.9 Å². The molecule has 0 aliphatic heterocycles. The van der Waals surface area contributed by atoms with E-state index in [1.54, 1.807) is 0 Å². The number of nitro benzene ring substituents is 1. The van der Waals surface area contributed by atoms with Gasteiger partial charge >= 0.3 is 0 Å². The van der Waals surface area contributed by atoms with Gasteiger partial charge < -0.3 is 4.74 Å². The maximum absolute atomic E-state index is 10.7. The fraction of sp³-hybridized carbons (Fsp3) is 0. The van der Waals surface area contributed by atoms with Crippen LogP contribution in [0.15, 0.2) is 39.5 Å². The molecule has 0 atom stereocenters. The third kappa shape index (κ3) is 3.20. The van der Waals surface area contributed by atoms with Crippen molar-refractivity contribution in [3.8, 4) is 11.5 Å². The molecule has 2 aromatic rings. The maximum Gasteiger partial charge on any atom is 0.271 e. The number of hydrogen-bond acceptors (Lipinski definition) is 5. The highest BCUT2D eigenvalue weighted by Gasteiger charge is 2.16. The lowest BCUT2D eigenvalue weighted by Gasteiger charge is -2.09. The molecule has 1 heterocycles. The summed E-state index contributed by atoms with van der Waals surface area (Å²) in [5, 5.41) is 10.7. The number of hydrogen-bond donors (Lipinski definition) is 0. The Morgan fingerprint density at radius 1 is 1.20 bits per heavy atom. The van der Waals surface area contributed by atoms with E-state index in [2.05, 4.69) is 36.8 Å². The maximum atomic E-state index is 10.7. The minimum atomic E-state index is -0.506. The molecule has 2 rings (SSSR count). The zero-order chi connectivity index (χ0) is 14.7. The number of aromatic nitrogens is 1. The topological polar surface area (TPSA) is 82.3 Å². The van der Waals surface area contributed by atoms with Crippen molar-refractivity contribution in [2.24, 2.45) is 0 Å². The lowest BCUT2D eigenvalue weighted by Crippen LogP contribution is -1.93. The van der Waals surface area contributed by atoms with Crippen LogP contribution in [0.25, 0.3) is 0 Å². The second-order valence-corrected chi connectivity index (χ2v) is 5.38. The molecular weight excluding hydrogens is 396 g/mol. The van der Waals surface area contributed by atoms with Crippen molar-refractivity contribution in [2.45, 2.75) is 0 Å². The van der Waals surface area contributed by atoms with Gasteiger partial charge in [0.1, 0.15) is 5.75 Å². The lowest BCUT2D eigenvalue weighted by molar-refractivity contribution is -0.385. The average Bonchev–Trinajstić information content (AvgIpc) is 2.42. The molecule has 0 aliphatic carbocycles. The number of pyridine rings is 1. The van der Waals surface area contributed by atoms with Crippen LogP contribution in [-0.2, 0) is 0 Å². The summed E-state index contributed by atoms with van der Waals surface area (Å²) in [6, 6.07) is 4.18. The average molecular weight is 402 g/mol. The van der Waals surface area contributed by atoms with E-state index in [4.69, 9.17) is 4.74 Å². The number of carbonyl (C=O) groups excluding carboxylic acids is 1. The largest absolute Gasteiger partial charge is 0.453 e. The number of carbonyl (C=O) groups is 1. The molecule has 8 heteroatoms. The molecule has 0 saturated heterocycles. The number of non-ortho nitro benzene ring substituents is 1. The number of halogens is 2. The molecule has 0 unspecified atom stereocenters. The molecule has 0 fully saturated rings. The summed E-state index contributed by atoms with van der Waals surface area (Å²) < 4.78 is 6.40. The summed E-state index contributed by atoms with van der Waals surface area (Å²) in [5.41, 5.74) is 0.299. The Labute approximate surface area is 130 Å². The first-order chi connectivity index (χ1) is 9.51. The van der Waals surface area contributed by atoms with Crippen molar-refractivity contribution in [3.05, 3.63) is 55.2 Å². The standard InChI is InChI=1S/C12H6Br2N2O4/c13-10-2-8(16(18)19)3-11(14)12(10)20-9-1-7(6-17)4-15-5-9/h1-6H. The van der Waals surface area contributed by atoms with Gasteiger partial charge in [-0.2, -0.15) is 0 Å². The second kappa shape index (κ2) is 6.10. The molecule has 0 bridgehead atoms. The van der Waals surface area contributed by atoms with E-state index in [-0.39, 0.29) is 5.69 Å². The molecule has 1 aromatic heterocycles. The normalized spacial score (nSPS) is 10.1. The monoisotopic (exact) mass is 400 g/mol. The number of nitro groups is 1. The first kappa shape index (κ1) is 14.6. The van der Waals surface area contributed by atoms with Gasteiger partial charge in [0.2, 0.25) is 0 Å². The van der Waals surface area contributed by atoms with E-state index in [0.717, 1.165) is 0 Å². The summed E-state index contributed by atoms with van der Waals surface area (Å²) in [7, 11) is 0. The Hall–Kier alpha value is -1.80. The summed E-state index contributed by atoms with van der Waals surface area (Å²) in [6.45, 7) is 0. The van der Waals surface area contributed by atoms with Crippen molar-refractivity contribution in [1.82, 2.24) is 4.98 Å². The molecular formula is C12H6Br2N2O4. The van der Waals surface area contributed by atoms with Crippen LogP contribution in [0.4, 0.5) is 5.69 Å². The Morgan fingerprint density at radius 2 is 1.85 bits per heavy atom. The molecule has 0 radical (unpaired) electrons. The third-order valence-corrected chi connectivity index (χ3v) is 3.46. The summed E-state index contributed by atoms with van der Waals surface area (Å²) >= 11 is 6.42. The molecule has 6 nitrogen and oxygen atoms in total. The smallest absolute Gasteiger partial charge is 0.271 e. The number of nitrogens with zero attached hydrogens (tertiary/aromatic N) is 2. The van der Waals surface area contributed by atoms with Gasteiger partial charge in [-0.15, -0.1) is 0 Å². The zero-order valence-corrected chi connectivity index (χ0v) is 12.9. The Bertz CT molecular complexity index is 668. The summed E-state index contributed by atoms with van der Waals surface area (Å²) in [6.07, 6.45) is 3.49. The molecule has 20 heavy (non-hydrogen) atoms. The van der Waals surface area contributed by atoms with Crippen molar-refractivity contribution < 1.29 is 14.5 Å². The molecule has 0 aliphatic rings. The molecule has 0 saturated carbocycles. The fourth-order valence-electron chi connectivity index (χ4n) is 1.42. The summed E-state index contributed by atoms with van der Waals surface area (Å²) in [4.78, 5) is 24.8. The minimum Gasteiger partial charge on any atom is -0.453 e. The van der Waals surface area contributed by atoms with Crippen molar-refractivity contribution in [1.29, 1.82) is 0 Å². The molecule has 0 N–H and O–H groups in total. The van der Waals surface area contributed by atoms with E-state index >= 15 is 0 Å². The third-order valence-electron chi connectivity index (χ3n) is 2.28. The first-order valence-electron chi connectivity index (χ1n) is 5.23. The van der Waals surface area contributed by atoms with Gasteiger partial charge in [0, 0.05) is 23.9 Å². The van der Waals surface area contributed by atoms with Crippen LogP contribution < -0.4 is 4.74 Å². The Kier molecular flexibility index (Phi) is 4.46. The zero-order valence-electron chi connectivity index (χ0n) is 9.75. The van der Waals surface area contributed by atoms with E-state index < -0.39 is 4.92 Å². The predicted molar refractivity (Wildman–Crippen MR) is 78.2 cm³/mol. The molecule has 0 amide bonds. The van der Waals surface area contributed by atoms with E-state index in [1.165, 1.54) is 30.6 Å². The molecule has 0 spiro atoms. The van der Waals surface area contributed by atoms with Gasteiger partial charge in [-0.25, -0.2) is 0 Å². The number of rotatable bonds is 4. The van der Waals surface area contributed by atoms with Gasteiger partial charge in [-0.1, -0.05) is 0 Å². The molecule has 102 valence electrons. The van der Waals surface area contributed by atoms with E-state index in [1.807, 2.05) is 0 Å². The van der Waals surface area contributed by atoms with E-state index in [9.17, 15) is 14.9 Å².